The fourth-order valence-corrected chi connectivity index (χ4v) is 3.98. The molecule has 0 saturated carbocycles. The van der Waals surface area contributed by atoms with Crippen molar-refractivity contribution in [3.05, 3.63) is 53.6 Å². The zero-order valence-electron chi connectivity index (χ0n) is 19.0. The largest absolute Gasteiger partial charge is 0.367 e. The molecule has 1 unspecified atom stereocenters. The molecule has 2 rings (SSSR count). The van der Waals surface area contributed by atoms with Crippen molar-refractivity contribution in [2.45, 2.75) is 19.3 Å². The lowest BCUT2D eigenvalue weighted by atomic mass is 9.93. The first-order chi connectivity index (χ1) is 15.6. The number of rotatable bonds is 12. The third-order valence-corrected chi connectivity index (χ3v) is 6.06. The Kier molecular flexibility index (Phi) is 11.6. The first-order valence-corrected chi connectivity index (χ1v) is 11.9. The molecule has 0 bridgehead atoms. The molecule has 0 N–H and O–H groups in total. The standard InChI is InChI=1S/C24H33FN6S/c1-20(16-21(18-27-3)19-29-11-10-28-9-5-8-26-2)22-6-7-23(25)24(17-22)30-12-14-31(32-4)15-13-30/h5-9,17-20H,2-3,10-16H2,1,4H3/b8-5-,21-18-,28-9?,29-19?. The lowest BCUT2D eigenvalue weighted by Crippen LogP contribution is -2.43. The Bertz CT molecular complexity index is 856. The van der Waals surface area contributed by atoms with Gasteiger partial charge in [0.15, 0.2) is 0 Å². The molecular formula is C24H33FN6S. The van der Waals surface area contributed by atoms with E-state index in [0.717, 1.165) is 43.7 Å². The van der Waals surface area contributed by atoms with Crippen LogP contribution in [0.4, 0.5) is 10.1 Å². The summed E-state index contributed by atoms with van der Waals surface area (Å²) in [4.78, 5) is 18.3. The van der Waals surface area contributed by atoms with Gasteiger partial charge in [-0.1, -0.05) is 24.9 Å². The van der Waals surface area contributed by atoms with Crippen molar-refractivity contribution < 1.29 is 4.39 Å². The van der Waals surface area contributed by atoms with Crippen molar-refractivity contribution in [1.29, 1.82) is 0 Å². The quantitative estimate of drug-likeness (QED) is 0.261. The molecule has 1 aliphatic rings. The maximum atomic E-state index is 14.6. The highest BCUT2D eigenvalue weighted by molar-refractivity contribution is 7.96. The van der Waals surface area contributed by atoms with E-state index in [-0.39, 0.29) is 11.7 Å². The summed E-state index contributed by atoms with van der Waals surface area (Å²) in [5.41, 5.74) is 2.77. The van der Waals surface area contributed by atoms with Crippen LogP contribution in [0.2, 0.25) is 0 Å². The third-order valence-electron chi connectivity index (χ3n) is 5.17. The van der Waals surface area contributed by atoms with Crippen LogP contribution in [-0.4, -0.2) is 75.7 Å². The SMILES string of the molecule is C=N/C=C\C=NCCN=C/C(=C\N=C)CC(C)c1ccc(F)c(N2CCN(SC)CC2)c1. The van der Waals surface area contributed by atoms with E-state index in [1.54, 1.807) is 42.7 Å². The third kappa shape index (κ3) is 8.51. The lowest BCUT2D eigenvalue weighted by Gasteiger charge is -2.35. The fraction of sp³-hybridized carbons (Fsp3) is 0.417. The topological polar surface area (TPSA) is 55.9 Å². The van der Waals surface area contributed by atoms with E-state index in [1.807, 2.05) is 18.3 Å². The summed E-state index contributed by atoms with van der Waals surface area (Å²) in [6.07, 6.45) is 11.4. The van der Waals surface area contributed by atoms with Gasteiger partial charge in [0.1, 0.15) is 5.82 Å². The minimum Gasteiger partial charge on any atom is -0.367 e. The second kappa shape index (κ2) is 14.5. The van der Waals surface area contributed by atoms with Crippen LogP contribution in [0.25, 0.3) is 0 Å². The van der Waals surface area contributed by atoms with Gasteiger partial charge in [-0.15, -0.1) is 0 Å². The molecule has 0 radical (unpaired) electrons. The average Bonchev–Trinajstić information content (AvgIpc) is 2.81. The van der Waals surface area contributed by atoms with Crippen molar-refractivity contribution >= 4 is 43.5 Å². The van der Waals surface area contributed by atoms with Crippen LogP contribution >= 0.6 is 11.9 Å². The van der Waals surface area contributed by atoms with Crippen molar-refractivity contribution in [3.8, 4) is 0 Å². The second-order valence-corrected chi connectivity index (χ2v) is 8.30. The molecule has 1 aliphatic heterocycles. The van der Waals surface area contributed by atoms with Gasteiger partial charge >= 0.3 is 0 Å². The van der Waals surface area contributed by atoms with Gasteiger partial charge in [-0.05, 0) is 61.4 Å². The molecule has 1 saturated heterocycles. The van der Waals surface area contributed by atoms with Gasteiger partial charge in [-0.2, -0.15) is 0 Å². The number of aliphatic imine (C=N–C) groups is 4. The Hall–Kier alpha value is -2.58. The highest BCUT2D eigenvalue weighted by Gasteiger charge is 2.20. The predicted molar refractivity (Wildman–Crippen MR) is 140 cm³/mol. The number of benzene rings is 1. The molecule has 1 aromatic rings. The van der Waals surface area contributed by atoms with E-state index in [9.17, 15) is 4.39 Å². The summed E-state index contributed by atoms with van der Waals surface area (Å²) in [5.74, 6) is 0.0266. The first-order valence-electron chi connectivity index (χ1n) is 10.7. The monoisotopic (exact) mass is 456 g/mol. The molecule has 0 aromatic heterocycles. The fourth-order valence-electron chi connectivity index (χ4n) is 3.45. The second-order valence-electron chi connectivity index (χ2n) is 7.42. The van der Waals surface area contributed by atoms with Gasteiger partial charge < -0.3 is 4.90 Å². The highest BCUT2D eigenvalue weighted by atomic mass is 32.2. The van der Waals surface area contributed by atoms with E-state index in [4.69, 9.17) is 0 Å². The first kappa shape index (κ1) is 25.7. The van der Waals surface area contributed by atoms with E-state index in [0.29, 0.717) is 18.8 Å². The maximum absolute atomic E-state index is 14.6. The van der Waals surface area contributed by atoms with Crippen molar-refractivity contribution in [2.75, 3.05) is 50.4 Å². The van der Waals surface area contributed by atoms with Crippen LogP contribution in [0.5, 0.6) is 0 Å². The average molecular weight is 457 g/mol. The Labute approximate surface area is 195 Å². The van der Waals surface area contributed by atoms with Gasteiger partial charge in [0.2, 0.25) is 0 Å². The van der Waals surface area contributed by atoms with Crippen molar-refractivity contribution in [1.82, 2.24) is 4.31 Å². The molecule has 1 atom stereocenters. The molecule has 1 aromatic carbocycles. The Morgan fingerprint density at radius 1 is 1.16 bits per heavy atom. The van der Waals surface area contributed by atoms with Gasteiger partial charge in [0, 0.05) is 51.0 Å². The molecule has 172 valence electrons. The Morgan fingerprint density at radius 3 is 2.59 bits per heavy atom. The van der Waals surface area contributed by atoms with Crippen molar-refractivity contribution in [2.24, 2.45) is 20.0 Å². The molecule has 8 heteroatoms. The van der Waals surface area contributed by atoms with E-state index in [2.05, 4.69) is 55.8 Å². The molecule has 6 nitrogen and oxygen atoms in total. The normalized spacial score (nSPS) is 17.0. The summed E-state index contributed by atoms with van der Waals surface area (Å²) in [6.45, 7) is 13.8. The van der Waals surface area contributed by atoms with Crippen molar-refractivity contribution in [3.63, 3.8) is 0 Å². The number of allylic oxidation sites excluding steroid dienone is 2. The molecule has 32 heavy (non-hydrogen) atoms. The van der Waals surface area contributed by atoms with Crippen LogP contribution in [0, 0.1) is 5.82 Å². The number of piperazine rings is 1. The summed E-state index contributed by atoms with van der Waals surface area (Å²) in [7, 11) is 0. The predicted octanol–water partition coefficient (Wildman–Crippen LogP) is 4.66. The van der Waals surface area contributed by atoms with Crippen LogP contribution in [-0.2, 0) is 0 Å². The summed E-state index contributed by atoms with van der Waals surface area (Å²) in [5, 5.41) is 0. The summed E-state index contributed by atoms with van der Waals surface area (Å²) in [6, 6.07) is 5.45. The van der Waals surface area contributed by atoms with E-state index in [1.165, 1.54) is 0 Å². The van der Waals surface area contributed by atoms with Gasteiger partial charge in [0.05, 0.1) is 18.8 Å². The molecule has 1 fully saturated rings. The Morgan fingerprint density at radius 2 is 1.91 bits per heavy atom. The number of hydrogen-bond acceptors (Lipinski definition) is 7. The van der Waals surface area contributed by atoms with E-state index < -0.39 is 0 Å². The van der Waals surface area contributed by atoms with Crippen LogP contribution in [0.15, 0.2) is 62.2 Å². The lowest BCUT2D eigenvalue weighted by molar-refractivity contribution is 0.427. The van der Waals surface area contributed by atoms with Crippen LogP contribution in [0.1, 0.15) is 24.8 Å². The smallest absolute Gasteiger partial charge is 0.146 e. The number of halogens is 1. The van der Waals surface area contributed by atoms with Crippen LogP contribution < -0.4 is 4.90 Å². The minimum atomic E-state index is -0.164. The molecule has 0 aliphatic carbocycles. The van der Waals surface area contributed by atoms with Crippen LogP contribution in [0.3, 0.4) is 0 Å². The molecular weight excluding hydrogens is 423 g/mol. The zero-order valence-corrected chi connectivity index (χ0v) is 19.8. The highest BCUT2D eigenvalue weighted by Crippen LogP contribution is 2.29. The Balaban J connectivity index is 1.99. The maximum Gasteiger partial charge on any atom is 0.146 e. The zero-order chi connectivity index (χ0) is 23.2. The van der Waals surface area contributed by atoms with Gasteiger partial charge in [-0.3, -0.25) is 20.0 Å². The number of hydrogen-bond donors (Lipinski definition) is 0. The summed E-state index contributed by atoms with van der Waals surface area (Å²) >= 11 is 1.74. The minimum absolute atomic E-state index is 0.164. The number of anilines is 1. The molecule has 0 spiro atoms. The summed E-state index contributed by atoms with van der Waals surface area (Å²) < 4.78 is 16.9. The van der Waals surface area contributed by atoms with Gasteiger partial charge in [0.25, 0.3) is 0 Å². The number of nitrogens with zero attached hydrogens (tertiary/aromatic N) is 6. The van der Waals surface area contributed by atoms with E-state index >= 15 is 0 Å². The molecule has 1 heterocycles. The van der Waals surface area contributed by atoms with Gasteiger partial charge in [-0.25, -0.2) is 8.70 Å². The molecule has 0 amide bonds.